The smallest absolute Gasteiger partial charge is 0.337 e. The van der Waals surface area contributed by atoms with E-state index < -0.39 is 12.1 Å². The first-order valence-corrected chi connectivity index (χ1v) is 9.44. The summed E-state index contributed by atoms with van der Waals surface area (Å²) in [5.41, 5.74) is 3.47. The number of aromatic nitrogens is 1. The Hall–Kier alpha value is -3.39. The highest BCUT2D eigenvalue weighted by Gasteiger charge is 2.23. The molecule has 1 unspecified atom stereocenters. The highest BCUT2D eigenvalue weighted by Crippen LogP contribution is 2.35. The zero-order valence-corrected chi connectivity index (χ0v) is 16.0. The fourth-order valence-electron chi connectivity index (χ4n) is 2.80. The number of ether oxygens (including phenoxy) is 2. The van der Waals surface area contributed by atoms with Crippen LogP contribution in [0.1, 0.15) is 17.3 Å². The van der Waals surface area contributed by atoms with Gasteiger partial charge in [0.25, 0.3) is 5.91 Å². The molecule has 0 saturated carbocycles. The number of hydrogen-bond donors (Lipinski definition) is 2. The summed E-state index contributed by atoms with van der Waals surface area (Å²) < 4.78 is 10.3. The highest BCUT2D eigenvalue weighted by molar-refractivity contribution is 7.14. The van der Waals surface area contributed by atoms with Crippen LogP contribution in [-0.2, 0) is 9.53 Å². The summed E-state index contributed by atoms with van der Waals surface area (Å²) in [5.74, 6) is 0.0796. The van der Waals surface area contributed by atoms with Crippen molar-refractivity contribution < 1.29 is 19.1 Å². The molecule has 7 nitrogen and oxygen atoms in total. The minimum absolute atomic E-state index is 0.171. The maximum atomic E-state index is 11.8. The SMILES string of the molecule is COC(=O)c1cccc(Nc2nc(-c3ccc4c(c3)NC(=O)C(C)O4)cs2)c1. The van der Waals surface area contributed by atoms with E-state index >= 15 is 0 Å². The fraction of sp³-hybridized carbons (Fsp3) is 0.150. The third-order valence-corrected chi connectivity index (χ3v) is 5.00. The van der Waals surface area contributed by atoms with Gasteiger partial charge in [0.05, 0.1) is 24.1 Å². The van der Waals surface area contributed by atoms with E-state index in [9.17, 15) is 9.59 Å². The molecule has 1 aliphatic rings. The predicted octanol–water partition coefficient (Wildman–Crippen LogP) is 4.06. The normalized spacial score (nSPS) is 15.2. The van der Waals surface area contributed by atoms with Crippen molar-refractivity contribution in [1.29, 1.82) is 0 Å². The number of benzene rings is 2. The molecule has 3 aromatic rings. The molecular formula is C20H17N3O4S. The summed E-state index contributed by atoms with van der Waals surface area (Å²) in [6.45, 7) is 1.71. The third-order valence-electron chi connectivity index (χ3n) is 4.25. The lowest BCUT2D eigenvalue weighted by atomic mass is 10.1. The maximum absolute atomic E-state index is 11.8. The van der Waals surface area contributed by atoms with E-state index in [1.54, 1.807) is 25.1 Å². The summed E-state index contributed by atoms with van der Waals surface area (Å²) in [7, 11) is 1.35. The number of hydrogen-bond acceptors (Lipinski definition) is 7. The number of anilines is 3. The van der Waals surface area contributed by atoms with E-state index in [0.717, 1.165) is 16.9 Å². The van der Waals surface area contributed by atoms with Crippen LogP contribution in [0.4, 0.5) is 16.5 Å². The molecule has 8 heteroatoms. The van der Waals surface area contributed by atoms with Crippen molar-refractivity contribution in [3.8, 4) is 17.0 Å². The van der Waals surface area contributed by atoms with Crippen molar-refractivity contribution >= 4 is 39.7 Å². The predicted molar refractivity (Wildman–Crippen MR) is 107 cm³/mol. The second-order valence-electron chi connectivity index (χ2n) is 6.20. The van der Waals surface area contributed by atoms with E-state index in [1.807, 2.05) is 29.6 Å². The lowest BCUT2D eigenvalue weighted by Crippen LogP contribution is -2.34. The van der Waals surface area contributed by atoms with Gasteiger partial charge < -0.3 is 20.1 Å². The molecule has 1 aromatic heterocycles. The largest absolute Gasteiger partial charge is 0.479 e. The van der Waals surface area contributed by atoms with E-state index in [2.05, 4.69) is 15.6 Å². The molecule has 0 spiro atoms. The minimum Gasteiger partial charge on any atom is -0.479 e. The Kier molecular flexibility index (Phi) is 4.70. The molecule has 0 bridgehead atoms. The topological polar surface area (TPSA) is 89.5 Å². The lowest BCUT2D eigenvalue weighted by Gasteiger charge is -2.23. The van der Waals surface area contributed by atoms with Gasteiger partial charge in [-0.05, 0) is 43.3 Å². The molecule has 0 radical (unpaired) electrons. The molecule has 2 aromatic carbocycles. The van der Waals surface area contributed by atoms with Gasteiger partial charge in [-0.1, -0.05) is 6.07 Å². The van der Waals surface area contributed by atoms with Gasteiger partial charge in [-0.15, -0.1) is 11.3 Å². The average Bonchev–Trinajstić information content (AvgIpc) is 3.16. The summed E-state index contributed by atoms with van der Waals surface area (Å²) in [6, 6.07) is 12.6. The van der Waals surface area contributed by atoms with Crippen LogP contribution >= 0.6 is 11.3 Å². The molecule has 28 heavy (non-hydrogen) atoms. The molecule has 1 amide bonds. The molecule has 1 atom stereocenters. The van der Waals surface area contributed by atoms with Gasteiger partial charge in [-0.3, -0.25) is 4.79 Å². The Morgan fingerprint density at radius 2 is 2.14 bits per heavy atom. The number of fused-ring (bicyclic) bond motifs is 1. The van der Waals surface area contributed by atoms with Crippen LogP contribution in [-0.4, -0.2) is 30.1 Å². The second-order valence-corrected chi connectivity index (χ2v) is 7.05. The van der Waals surface area contributed by atoms with Crippen molar-refractivity contribution in [2.24, 2.45) is 0 Å². The number of carbonyl (C=O) groups is 2. The van der Waals surface area contributed by atoms with Crippen molar-refractivity contribution in [1.82, 2.24) is 4.98 Å². The van der Waals surface area contributed by atoms with Gasteiger partial charge in [0.15, 0.2) is 11.2 Å². The first-order chi connectivity index (χ1) is 13.5. The van der Waals surface area contributed by atoms with Gasteiger partial charge in [0, 0.05) is 16.6 Å². The second kappa shape index (κ2) is 7.32. The van der Waals surface area contributed by atoms with Crippen LogP contribution < -0.4 is 15.4 Å². The van der Waals surface area contributed by atoms with Crippen molar-refractivity contribution in [3.63, 3.8) is 0 Å². The standard InChI is InChI=1S/C20H17N3O4S/c1-11-18(24)22-15-9-12(6-7-17(15)27-11)16-10-28-20(23-16)21-14-5-3-4-13(8-14)19(25)26-2/h3-11H,1-2H3,(H,21,23)(H,22,24). The quantitative estimate of drug-likeness (QED) is 0.648. The van der Waals surface area contributed by atoms with Crippen molar-refractivity contribution in [2.75, 3.05) is 17.7 Å². The Morgan fingerprint density at radius 3 is 2.96 bits per heavy atom. The van der Waals surface area contributed by atoms with Crippen molar-refractivity contribution in [2.45, 2.75) is 13.0 Å². The molecule has 142 valence electrons. The number of thiazole rings is 1. The van der Waals surface area contributed by atoms with Crippen LogP contribution in [0.2, 0.25) is 0 Å². The molecule has 4 rings (SSSR count). The molecule has 2 heterocycles. The average molecular weight is 395 g/mol. The third kappa shape index (κ3) is 3.54. The molecule has 2 N–H and O–H groups in total. The number of nitrogens with one attached hydrogen (secondary N) is 2. The first-order valence-electron chi connectivity index (χ1n) is 8.56. The summed E-state index contributed by atoms with van der Waals surface area (Å²) in [5, 5.41) is 8.64. The van der Waals surface area contributed by atoms with Crippen molar-refractivity contribution in [3.05, 3.63) is 53.4 Å². The number of rotatable bonds is 4. The lowest BCUT2D eigenvalue weighted by molar-refractivity contribution is -0.122. The van der Waals surface area contributed by atoms with Gasteiger partial charge in [0.1, 0.15) is 5.75 Å². The minimum atomic E-state index is -0.505. The number of esters is 1. The van der Waals surface area contributed by atoms with Gasteiger partial charge in [-0.2, -0.15) is 0 Å². The first kappa shape index (κ1) is 18.0. The molecule has 0 fully saturated rings. The van der Waals surface area contributed by atoms with Gasteiger partial charge in [0.2, 0.25) is 0 Å². The number of nitrogens with zero attached hydrogens (tertiary/aromatic N) is 1. The van der Waals surface area contributed by atoms with E-state index in [0.29, 0.717) is 22.1 Å². The van der Waals surface area contributed by atoms with E-state index in [4.69, 9.17) is 9.47 Å². The number of methoxy groups -OCH3 is 1. The van der Waals surface area contributed by atoms with Gasteiger partial charge >= 0.3 is 5.97 Å². The summed E-state index contributed by atoms with van der Waals surface area (Å²) >= 11 is 1.44. The molecule has 1 aliphatic heterocycles. The Balaban J connectivity index is 1.55. The summed E-state index contributed by atoms with van der Waals surface area (Å²) in [4.78, 5) is 28.1. The van der Waals surface area contributed by atoms with Gasteiger partial charge in [-0.25, -0.2) is 9.78 Å². The highest BCUT2D eigenvalue weighted by atomic mass is 32.1. The Labute approximate surface area is 165 Å². The Bertz CT molecular complexity index is 1060. The maximum Gasteiger partial charge on any atom is 0.337 e. The zero-order valence-electron chi connectivity index (χ0n) is 15.2. The van der Waals surface area contributed by atoms with Crippen LogP contribution in [0.5, 0.6) is 5.75 Å². The van der Waals surface area contributed by atoms with E-state index in [1.165, 1.54) is 18.4 Å². The number of amides is 1. The summed E-state index contributed by atoms with van der Waals surface area (Å²) in [6.07, 6.45) is -0.505. The fourth-order valence-corrected chi connectivity index (χ4v) is 3.54. The van der Waals surface area contributed by atoms with E-state index in [-0.39, 0.29) is 5.91 Å². The number of carbonyl (C=O) groups excluding carboxylic acids is 2. The van der Waals surface area contributed by atoms with Crippen LogP contribution in [0, 0.1) is 0 Å². The monoisotopic (exact) mass is 395 g/mol. The molecule has 0 saturated heterocycles. The van der Waals surface area contributed by atoms with Crippen LogP contribution in [0.15, 0.2) is 47.8 Å². The Morgan fingerprint density at radius 1 is 1.29 bits per heavy atom. The van der Waals surface area contributed by atoms with Crippen LogP contribution in [0.25, 0.3) is 11.3 Å². The van der Waals surface area contributed by atoms with Crippen LogP contribution in [0.3, 0.4) is 0 Å². The molecular weight excluding hydrogens is 378 g/mol. The molecule has 0 aliphatic carbocycles. The zero-order chi connectivity index (χ0) is 19.7.